The van der Waals surface area contributed by atoms with Crippen molar-refractivity contribution in [3.8, 4) is 0 Å². The standard InChI is InChI=1S/C14H27N3O/c1-11(17-8-4-5-9-17)10-16-14(18)12-6-2-3-7-13(12)15/h11-13H,2-10,15H2,1H3,(H,16,18). The van der Waals surface area contributed by atoms with Gasteiger partial charge in [-0.15, -0.1) is 0 Å². The van der Waals surface area contributed by atoms with Crippen molar-refractivity contribution in [3.63, 3.8) is 0 Å². The smallest absolute Gasteiger partial charge is 0.224 e. The molecule has 4 nitrogen and oxygen atoms in total. The van der Waals surface area contributed by atoms with Crippen LogP contribution in [0.3, 0.4) is 0 Å². The van der Waals surface area contributed by atoms with E-state index in [9.17, 15) is 4.79 Å². The average Bonchev–Trinajstić information content (AvgIpc) is 2.90. The molecule has 0 radical (unpaired) electrons. The number of carbonyl (C=O) groups excluding carboxylic acids is 1. The maximum atomic E-state index is 12.1. The fourth-order valence-corrected chi connectivity index (χ4v) is 3.18. The molecule has 2 fully saturated rings. The zero-order valence-electron chi connectivity index (χ0n) is 11.5. The predicted molar refractivity (Wildman–Crippen MR) is 73.2 cm³/mol. The van der Waals surface area contributed by atoms with E-state index in [1.165, 1.54) is 32.4 Å². The molecule has 1 aliphatic carbocycles. The fraction of sp³-hybridized carbons (Fsp3) is 0.929. The third-order valence-electron chi connectivity index (χ3n) is 4.49. The number of carbonyl (C=O) groups is 1. The van der Waals surface area contributed by atoms with E-state index in [0.717, 1.165) is 25.8 Å². The second-order valence-electron chi connectivity index (χ2n) is 5.89. The number of nitrogens with one attached hydrogen (secondary N) is 1. The van der Waals surface area contributed by atoms with Crippen LogP contribution in [-0.4, -0.2) is 42.5 Å². The molecule has 2 aliphatic rings. The van der Waals surface area contributed by atoms with Gasteiger partial charge in [0.1, 0.15) is 0 Å². The van der Waals surface area contributed by atoms with Crippen molar-refractivity contribution >= 4 is 5.91 Å². The Morgan fingerprint density at radius 1 is 1.28 bits per heavy atom. The number of nitrogens with zero attached hydrogens (tertiary/aromatic N) is 1. The van der Waals surface area contributed by atoms with E-state index >= 15 is 0 Å². The van der Waals surface area contributed by atoms with Crippen molar-refractivity contribution in [3.05, 3.63) is 0 Å². The molecular weight excluding hydrogens is 226 g/mol. The quantitative estimate of drug-likeness (QED) is 0.789. The Kier molecular flexibility index (Phi) is 5.01. The largest absolute Gasteiger partial charge is 0.354 e. The average molecular weight is 253 g/mol. The third-order valence-corrected chi connectivity index (χ3v) is 4.49. The lowest BCUT2D eigenvalue weighted by molar-refractivity contribution is -0.126. The van der Waals surface area contributed by atoms with E-state index in [2.05, 4.69) is 17.1 Å². The van der Waals surface area contributed by atoms with E-state index in [-0.39, 0.29) is 17.9 Å². The van der Waals surface area contributed by atoms with Gasteiger partial charge < -0.3 is 11.1 Å². The molecule has 18 heavy (non-hydrogen) atoms. The van der Waals surface area contributed by atoms with Crippen LogP contribution < -0.4 is 11.1 Å². The molecular formula is C14H27N3O. The first-order valence-corrected chi connectivity index (χ1v) is 7.46. The van der Waals surface area contributed by atoms with Gasteiger partial charge in [0.25, 0.3) is 0 Å². The molecule has 1 aliphatic heterocycles. The van der Waals surface area contributed by atoms with Crippen LogP contribution in [0.15, 0.2) is 0 Å². The Bertz CT molecular complexity index is 276. The first-order valence-electron chi connectivity index (χ1n) is 7.46. The van der Waals surface area contributed by atoms with Gasteiger partial charge in [-0.1, -0.05) is 12.8 Å². The summed E-state index contributed by atoms with van der Waals surface area (Å²) in [7, 11) is 0. The summed E-state index contributed by atoms with van der Waals surface area (Å²) in [6.45, 7) is 5.33. The van der Waals surface area contributed by atoms with Gasteiger partial charge in [-0.05, 0) is 45.7 Å². The maximum Gasteiger partial charge on any atom is 0.224 e. The Hall–Kier alpha value is -0.610. The van der Waals surface area contributed by atoms with Crippen molar-refractivity contribution in [2.75, 3.05) is 19.6 Å². The molecule has 3 atom stereocenters. The lowest BCUT2D eigenvalue weighted by Gasteiger charge is -2.29. The van der Waals surface area contributed by atoms with Crippen LogP contribution in [-0.2, 0) is 4.79 Å². The third kappa shape index (κ3) is 3.45. The molecule has 3 unspecified atom stereocenters. The van der Waals surface area contributed by atoms with Gasteiger partial charge in [-0.3, -0.25) is 9.69 Å². The second kappa shape index (κ2) is 6.53. The summed E-state index contributed by atoms with van der Waals surface area (Å²) in [6.07, 6.45) is 6.88. The van der Waals surface area contributed by atoms with Crippen molar-refractivity contribution in [2.24, 2.45) is 11.7 Å². The molecule has 4 heteroatoms. The molecule has 0 aromatic heterocycles. The zero-order chi connectivity index (χ0) is 13.0. The van der Waals surface area contributed by atoms with Gasteiger partial charge in [0.15, 0.2) is 0 Å². The maximum absolute atomic E-state index is 12.1. The van der Waals surface area contributed by atoms with Gasteiger partial charge in [0.05, 0.1) is 5.92 Å². The summed E-state index contributed by atoms with van der Waals surface area (Å²) in [5.41, 5.74) is 6.04. The minimum absolute atomic E-state index is 0.0459. The van der Waals surface area contributed by atoms with Crippen LogP contribution in [0, 0.1) is 5.92 Å². The Balaban J connectivity index is 1.73. The predicted octanol–water partition coefficient (Wildman–Crippen LogP) is 1.10. The van der Waals surface area contributed by atoms with E-state index in [4.69, 9.17) is 5.73 Å². The first kappa shape index (κ1) is 13.8. The topological polar surface area (TPSA) is 58.4 Å². The number of likely N-dealkylation sites (tertiary alicyclic amines) is 1. The van der Waals surface area contributed by atoms with Crippen molar-refractivity contribution in [1.29, 1.82) is 0 Å². The van der Waals surface area contributed by atoms with Gasteiger partial charge in [0, 0.05) is 18.6 Å². The number of nitrogens with two attached hydrogens (primary N) is 1. The van der Waals surface area contributed by atoms with E-state index in [1.54, 1.807) is 0 Å². The summed E-state index contributed by atoms with van der Waals surface area (Å²) in [5, 5.41) is 3.10. The van der Waals surface area contributed by atoms with Crippen LogP contribution in [0.2, 0.25) is 0 Å². The fourth-order valence-electron chi connectivity index (χ4n) is 3.18. The van der Waals surface area contributed by atoms with E-state index in [1.807, 2.05) is 0 Å². The molecule has 2 rings (SSSR count). The highest BCUT2D eigenvalue weighted by molar-refractivity contribution is 5.79. The van der Waals surface area contributed by atoms with Crippen LogP contribution in [0.5, 0.6) is 0 Å². The van der Waals surface area contributed by atoms with Gasteiger partial charge in [-0.2, -0.15) is 0 Å². The van der Waals surface area contributed by atoms with Gasteiger partial charge in [-0.25, -0.2) is 0 Å². The lowest BCUT2D eigenvalue weighted by Crippen LogP contribution is -2.47. The van der Waals surface area contributed by atoms with Crippen LogP contribution >= 0.6 is 0 Å². The Morgan fingerprint density at radius 3 is 2.61 bits per heavy atom. The summed E-state index contributed by atoms with van der Waals surface area (Å²) in [6, 6.07) is 0.525. The highest BCUT2D eigenvalue weighted by atomic mass is 16.1. The first-order chi connectivity index (χ1) is 8.68. The normalized spacial score (nSPS) is 31.2. The van der Waals surface area contributed by atoms with Crippen molar-refractivity contribution in [2.45, 2.75) is 57.5 Å². The monoisotopic (exact) mass is 253 g/mol. The minimum atomic E-state index is 0.0459. The zero-order valence-corrected chi connectivity index (χ0v) is 11.5. The van der Waals surface area contributed by atoms with Gasteiger partial charge in [0.2, 0.25) is 5.91 Å². The van der Waals surface area contributed by atoms with Gasteiger partial charge >= 0.3 is 0 Å². The molecule has 1 heterocycles. The number of hydrogen-bond donors (Lipinski definition) is 2. The SMILES string of the molecule is CC(CNC(=O)C1CCCCC1N)N1CCCC1. The van der Waals surface area contributed by atoms with E-state index < -0.39 is 0 Å². The lowest BCUT2D eigenvalue weighted by atomic mass is 9.84. The summed E-state index contributed by atoms with van der Waals surface area (Å²) < 4.78 is 0. The molecule has 0 bridgehead atoms. The number of amides is 1. The molecule has 1 saturated carbocycles. The molecule has 3 N–H and O–H groups in total. The summed E-state index contributed by atoms with van der Waals surface area (Å²) in [5.74, 6) is 0.220. The summed E-state index contributed by atoms with van der Waals surface area (Å²) >= 11 is 0. The van der Waals surface area contributed by atoms with E-state index in [0.29, 0.717) is 6.04 Å². The molecule has 0 spiro atoms. The number of rotatable bonds is 4. The molecule has 1 amide bonds. The minimum Gasteiger partial charge on any atom is -0.354 e. The van der Waals surface area contributed by atoms with Crippen LogP contribution in [0.1, 0.15) is 45.4 Å². The Morgan fingerprint density at radius 2 is 1.94 bits per heavy atom. The highest BCUT2D eigenvalue weighted by Crippen LogP contribution is 2.23. The summed E-state index contributed by atoms with van der Waals surface area (Å²) in [4.78, 5) is 14.6. The highest BCUT2D eigenvalue weighted by Gasteiger charge is 2.28. The Labute approximate surface area is 110 Å². The molecule has 104 valence electrons. The van der Waals surface area contributed by atoms with Crippen molar-refractivity contribution < 1.29 is 4.79 Å². The molecule has 1 saturated heterocycles. The van der Waals surface area contributed by atoms with Crippen molar-refractivity contribution in [1.82, 2.24) is 10.2 Å². The van der Waals surface area contributed by atoms with Crippen LogP contribution in [0.25, 0.3) is 0 Å². The molecule has 0 aromatic rings. The second-order valence-corrected chi connectivity index (χ2v) is 5.89. The van der Waals surface area contributed by atoms with Crippen LogP contribution in [0.4, 0.5) is 0 Å². The molecule has 0 aromatic carbocycles. The number of hydrogen-bond acceptors (Lipinski definition) is 3.